The zero-order valence-corrected chi connectivity index (χ0v) is 13.4. The molecule has 0 spiro atoms. The van der Waals surface area contributed by atoms with Gasteiger partial charge in [0.1, 0.15) is 5.75 Å². The van der Waals surface area contributed by atoms with Crippen molar-refractivity contribution in [3.63, 3.8) is 0 Å². The van der Waals surface area contributed by atoms with Crippen molar-refractivity contribution in [3.05, 3.63) is 28.2 Å². The summed E-state index contributed by atoms with van der Waals surface area (Å²) >= 11 is 3.55. The SMILES string of the molecule is CC(N)Cc1cc(OCCC(C)(C)C)ccc1Br. The van der Waals surface area contributed by atoms with E-state index in [0.29, 0.717) is 5.41 Å². The first-order valence-electron chi connectivity index (χ1n) is 6.45. The second kappa shape index (κ2) is 6.58. The molecule has 102 valence electrons. The largest absolute Gasteiger partial charge is 0.494 e. The summed E-state index contributed by atoms with van der Waals surface area (Å²) in [5.41, 5.74) is 7.36. The molecule has 2 N–H and O–H groups in total. The molecule has 2 nitrogen and oxygen atoms in total. The van der Waals surface area contributed by atoms with E-state index < -0.39 is 0 Å². The van der Waals surface area contributed by atoms with Gasteiger partial charge in [-0.25, -0.2) is 0 Å². The highest BCUT2D eigenvalue weighted by atomic mass is 79.9. The van der Waals surface area contributed by atoms with E-state index in [1.807, 2.05) is 19.1 Å². The summed E-state index contributed by atoms with van der Waals surface area (Å²) in [5, 5.41) is 0. The second-order valence-electron chi connectivity index (χ2n) is 6.09. The van der Waals surface area contributed by atoms with Crippen LogP contribution in [0.25, 0.3) is 0 Å². The normalized spacial score (nSPS) is 13.4. The number of nitrogens with two attached hydrogens (primary N) is 1. The molecule has 0 radical (unpaired) electrons. The third-order valence-corrected chi connectivity index (χ3v) is 3.45. The summed E-state index contributed by atoms with van der Waals surface area (Å²) in [6.45, 7) is 9.43. The quantitative estimate of drug-likeness (QED) is 0.886. The molecule has 18 heavy (non-hydrogen) atoms. The fourth-order valence-electron chi connectivity index (χ4n) is 1.62. The first-order valence-corrected chi connectivity index (χ1v) is 7.24. The molecule has 3 heteroatoms. The van der Waals surface area contributed by atoms with Crippen LogP contribution in [0.3, 0.4) is 0 Å². The third kappa shape index (κ3) is 5.87. The van der Waals surface area contributed by atoms with Gasteiger partial charge in [-0.2, -0.15) is 0 Å². The number of rotatable bonds is 5. The van der Waals surface area contributed by atoms with Crippen LogP contribution in [0.15, 0.2) is 22.7 Å². The molecule has 0 aliphatic carbocycles. The molecular weight excluding hydrogens is 290 g/mol. The van der Waals surface area contributed by atoms with Crippen molar-refractivity contribution >= 4 is 15.9 Å². The molecule has 1 aromatic rings. The Morgan fingerprint density at radius 2 is 2.00 bits per heavy atom. The molecule has 0 saturated carbocycles. The van der Waals surface area contributed by atoms with Gasteiger partial charge in [-0.05, 0) is 48.9 Å². The molecule has 0 bridgehead atoms. The minimum atomic E-state index is 0.158. The van der Waals surface area contributed by atoms with Crippen molar-refractivity contribution in [2.24, 2.45) is 11.1 Å². The van der Waals surface area contributed by atoms with E-state index in [2.05, 4.69) is 42.8 Å². The number of halogens is 1. The summed E-state index contributed by atoms with van der Waals surface area (Å²) in [6.07, 6.45) is 1.91. The monoisotopic (exact) mass is 313 g/mol. The molecule has 0 heterocycles. The highest BCUT2D eigenvalue weighted by molar-refractivity contribution is 9.10. The average Bonchev–Trinajstić information content (AvgIpc) is 2.20. The van der Waals surface area contributed by atoms with E-state index in [0.717, 1.165) is 29.7 Å². The Bertz CT molecular complexity index is 383. The third-order valence-electron chi connectivity index (χ3n) is 2.68. The highest BCUT2D eigenvalue weighted by Crippen LogP contribution is 2.25. The number of ether oxygens (including phenoxy) is 1. The van der Waals surface area contributed by atoms with Crippen LogP contribution in [0.5, 0.6) is 5.75 Å². The molecule has 0 amide bonds. The molecule has 0 aliphatic rings. The molecule has 0 aromatic heterocycles. The number of benzene rings is 1. The van der Waals surface area contributed by atoms with Crippen molar-refractivity contribution < 1.29 is 4.74 Å². The van der Waals surface area contributed by atoms with Crippen LogP contribution in [-0.2, 0) is 6.42 Å². The Hall–Kier alpha value is -0.540. The molecule has 1 aromatic carbocycles. The molecule has 1 atom stereocenters. The molecule has 1 unspecified atom stereocenters. The summed E-state index contributed by atoms with van der Waals surface area (Å²) in [6, 6.07) is 6.27. The van der Waals surface area contributed by atoms with Crippen molar-refractivity contribution in [1.29, 1.82) is 0 Å². The maximum atomic E-state index is 5.84. The standard InChI is InChI=1S/C15H24BrNO/c1-11(17)9-12-10-13(5-6-14(12)16)18-8-7-15(2,3)4/h5-6,10-11H,7-9,17H2,1-4H3. The van der Waals surface area contributed by atoms with Gasteiger partial charge in [-0.1, -0.05) is 36.7 Å². The van der Waals surface area contributed by atoms with Gasteiger partial charge in [0.15, 0.2) is 0 Å². The van der Waals surface area contributed by atoms with Gasteiger partial charge in [-0.15, -0.1) is 0 Å². The van der Waals surface area contributed by atoms with Crippen LogP contribution in [0.1, 0.15) is 39.7 Å². The van der Waals surface area contributed by atoms with Crippen molar-refractivity contribution in [1.82, 2.24) is 0 Å². The molecular formula is C15H24BrNO. The van der Waals surface area contributed by atoms with E-state index >= 15 is 0 Å². The first kappa shape index (κ1) is 15.5. The van der Waals surface area contributed by atoms with Crippen LogP contribution in [0, 0.1) is 5.41 Å². The number of hydrogen-bond acceptors (Lipinski definition) is 2. The topological polar surface area (TPSA) is 35.2 Å². The maximum Gasteiger partial charge on any atom is 0.119 e. The van der Waals surface area contributed by atoms with Gasteiger partial charge in [0.05, 0.1) is 6.61 Å². The Morgan fingerprint density at radius 3 is 2.56 bits per heavy atom. The van der Waals surface area contributed by atoms with E-state index in [9.17, 15) is 0 Å². The van der Waals surface area contributed by atoms with Crippen LogP contribution >= 0.6 is 15.9 Å². The lowest BCUT2D eigenvalue weighted by molar-refractivity contribution is 0.243. The maximum absolute atomic E-state index is 5.84. The summed E-state index contributed by atoms with van der Waals surface area (Å²) in [7, 11) is 0. The predicted molar refractivity (Wildman–Crippen MR) is 81.1 cm³/mol. The van der Waals surface area contributed by atoms with E-state index in [4.69, 9.17) is 10.5 Å². The molecule has 1 rings (SSSR count). The minimum Gasteiger partial charge on any atom is -0.494 e. The van der Waals surface area contributed by atoms with Crippen molar-refractivity contribution in [2.45, 2.75) is 46.6 Å². The second-order valence-corrected chi connectivity index (χ2v) is 6.95. The van der Waals surface area contributed by atoms with Gasteiger partial charge in [0, 0.05) is 10.5 Å². The zero-order chi connectivity index (χ0) is 13.8. The Kier molecular flexibility index (Phi) is 5.67. The zero-order valence-electron chi connectivity index (χ0n) is 11.8. The van der Waals surface area contributed by atoms with E-state index in [1.54, 1.807) is 0 Å². The van der Waals surface area contributed by atoms with Gasteiger partial charge in [-0.3, -0.25) is 0 Å². The highest BCUT2D eigenvalue weighted by Gasteiger charge is 2.10. The van der Waals surface area contributed by atoms with E-state index in [-0.39, 0.29) is 6.04 Å². The lowest BCUT2D eigenvalue weighted by Crippen LogP contribution is -2.18. The van der Waals surface area contributed by atoms with Crippen LogP contribution in [-0.4, -0.2) is 12.6 Å². The van der Waals surface area contributed by atoms with Gasteiger partial charge >= 0.3 is 0 Å². The smallest absolute Gasteiger partial charge is 0.119 e. The summed E-state index contributed by atoms with van der Waals surface area (Å²) in [5.74, 6) is 0.929. The molecule has 0 fully saturated rings. The fraction of sp³-hybridized carbons (Fsp3) is 0.600. The lowest BCUT2D eigenvalue weighted by Gasteiger charge is -2.18. The lowest BCUT2D eigenvalue weighted by atomic mass is 9.93. The van der Waals surface area contributed by atoms with Crippen molar-refractivity contribution in [2.75, 3.05) is 6.61 Å². The fourth-order valence-corrected chi connectivity index (χ4v) is 2.03. The van der Waals surface area contributed by atoms with E-state index in [1.165, 1.54) is 5.56 Å². The van der Waals surface area contributed by atoms with Crippen LogP contribution in [0.4, 0.5) is 0 Å². The predicted octanol–water partition coefficient (Wildman–Crippen LogP) is 4.15. The first-order chi connectivity index (χ1) is 8.28. The van der Waals surface area contributed by atoms with Gasteiger partial charge in [0.2, 0.25) is 0 Å². The summed E-state index contributed by atoms with van der Waals surface area (Å²) < 4.78 is 6.90. The van der Waals surface area contributed by atoms with Gasteiger partial charge in [0.25, 0.3) is 0 Å². The minimum absolute atomic E-state index is 0.158. The molecule has 0 aliphatic heterocycles. The Morgan fingerprint density at radius 1 is 1.33 bits per heavy atom. The van der Waals surface area contributed by atoms with Crippen molar-refractivity contribution in [3.8, 4) is 5.75 Å². The Labute approximate surface area is 119 Å². The van der Waals surface area contributed by atoms with Crippen LogP contribution in [0.2, 0.25) is 0 Å². The summed E-state index contributed by atoms with van der Waals surface area (Å²) in [4.78, 5) is 0. The number of hydrogen-bond donors (Lipinski definition) is 1. The molecule has 0 saturated heterocycles. The van der Waals surface area contributed by atoms with Crippen LogP contribution < -0.4 is 10.5 Å². The average molecular weight is 314 g/mol. The Balaban J connectivity index is 2.61. The van der Waals surface area contributed by atoms with Gasteiger partial charge < -0.3 is 10.5 Å².